The van der Waals surface area contributed by atoms with Crippen LogP contribution < -0.4 is 0 Å². The number of imidazole rings is 1. The minimum absolute atomic E-state index is 0. The van der Waals surface area contributed by atoms with E-state index < -0.39 is 0 Å². The SMILES string of the molecule is Oc1ccccc1-c1nc2c(-c3[c-]c(-c4cc(-c5ccccc5)ccn4)cc(Cc4ccccc4)c3)cccc2n1-c1ccc(-c2ccccc2)c2oc3ccccc3c12.[Pt]. The van der Waals surface area contributed by atoms with Crippen LogP contribution in [0.2, 0.25) is 0 Å². The van der Waals surface area contributed by atoms with Crippen molar-refractivity contribution in [2.24, 2.45) is 0 Å². The van der Waals surface area contributed by atoms with E-state index in [-0.39, 0.29) is 26.8 Å². The van der Waals surface area contributed by atoms with E-state index in [9.17, 15) is 5.11 Å². The van der Waals surface area contributed by atoms with Crippen molar-refractivity contribution in [2.45, 2.75) is 6.42 Å². The first-order chi connectivity index (χ1) is 29.7. The van der Waals surface area contributed by atoms with Crippen molar-refractivity contribution in [1.29, 1.82) is 0 Å². The minimum atomic E-state index is 0. The van der Waals surface area contributed by atoms with E-state index in [2.05, 4.69) is 126 Å². The molecule has 294 valence electrons. The summed E-state index contributed by atoms with van der Waals surface area (Å²) in [6.45, 7) is 0. The fourth-order valence-electron chi connectivity index (χ4n) is 8.48. The summed E-state index contributed by atoms with van der Waals surface area (Å²) in [5, 5.41) is 13.4. The maximum absolute atomic E-state index is 11.4. The molecule has 8 aromatic carbocycles. The van der Waals surface area contributed by atoms with Crippen molar-refractivity contribution >= 4 is 33.0 Å². The number of phenols is 1. The van der Waals surface area contributed by atoms with Crippen LogP contribution in [-0.4, -0.2) is 19.6 Å². The summed E-state index contributed by atoms with van der Waals surface area (Å²) in [4.78, 5) is 10.3. The summed E-state index contributed by atoms with van der Waals surface area (Å²) < 4.78 is 8.88. The van der Waals surface area contributed by atoms with Gasteiger partial charge < -0.3 is 9.52 Å². The zero-order valence-electron chi connectivity index (χ0n) is 32.8. The number of aromatic hydroxyl groups is 1. The van der Waals surface area contributed by atoms with Gasteiger partial charge in [-0.2, -0.15) is 0 Å². The number of fused-ring (bicyclic) bond motifs is 4. The fourth-order valence-corrected chi connectivity index (χ4v) is 8.48. The maximum Gasteiger partial charge on any atom is 0.148 e. The second-order valence-electron chi connectivity index (χ2n) is 15.0. The summed E-state index contributed by atoms with van der Waals surface area (Å²) in [5.41, 5.74) is 15.0. The summed E-state index contributed by atoms with van der Waals surface area (Å²) in [7, 11) is 0. The van der Waals surface area contributed by atoms with Gasteiger partial charge in [0.05, 0.1) is 27.7 Å². The summed E-state index contributed by atoms with van der Waals surface area (Å²) in [6, 6.07) is 69.8. The number of pyridine rings is 1. The van der Waals surface area contributed by atoms with Crippen LogP contribution in [-0.2, 0) is 27.5 Å². The molecule has 0 saturated heterocycles. The van der Waals surface area contributed by atoms with Crippen molar-refractivity contribution in [3.8, 4) is 67.5 Å². The van der Waals surface area contributed by atoms with E-state index in [1.807, 2.05) is 79.0 Å². The summed E-state index contributed by atoms with van der Waals surface area (Å²) >= 11 is 0. The predicted octanol–water partition coefficient (Wildman–Crippen LogP) is 13.7. The molecule has 0 amide bonds. The molecule has 11 aromatic rings. The molecule has 5 nitrogen and oxygen atoms in total. The Morgan fingerprint density at radius 1 is 0.557 bits per heavy atom. The molecule has 0 spiro atoms. The number of benzene rings is 8. The molecule has 11 rings (SSSR count). The Kier molecular flexibility index (Phi) is 9.96. The van der Waals surface area contributed by atoms with Gasteiger partial charge in [0.25, 0.3) is 0 Å². The molecule has 0 unspecified atom stereocenters. The molecular weight excluding hydrogens is 930 g/mol. The van der Waals surface area contributed by atoms with Gasteiger partial charge in [0.2, 0.25) is 0 Å². The molecule has 0 atom stereocenters. The third-order valence-electron chi connectivity index (χ3n) is 11.3. The van der Waals surface area contributed by atoms with Gasteiger partial charge >= 0.3 is 0 Å². The Morgan fingerprint density at radius 3 is 2.05 bits per heavy atom. The van der Waals surface area contributed by atoms with Gasteiger partial charge in [-0.1, -0.05) is 151 Å². The van der Waals surface area contributed by atoms with Gasteiger partial charge in [0.15, 0.2) is 0 Å². The molecule has 3 aromatic heterocycles. The second-order valence-corrected chi connectivity index (χ2v) is 15.0. The van der Waals surface area contributed by atoms with Crippen molar-refractivity contribution < 1.29 is 30.6 Å². The molecule has 0 bridgehead atoms. The Bertz CT molecular complexity index is 3360. The number of furan rings is 1. The smallest absolute Gasteiger partial charge is 0.148 e. The number of hydrogen-bond donors (Lipinski definition) is 1. The maximum atomic E-state index is 11.4. The summed E-state index contributed by atoms with van der Waals surface area (Å²) in [6.07, 6.45) is 2.61. The third kappa shape index (κ3) is 6.93. The fraction of sp³-hybridized carbons (Fsp3) is 0.0182. The zero-order valence-corrected chi connectivity index (χ0v) is 35.0. The molecule has 0 aliphatic heterocycles. The molecule has 61 heavy (non-hydrogen) atoms. The predicted molar refractivity (Wildman–Crippen MR) is 243 cm³/mol. The monoisotopic (exact) mass is 965 g/mol. The van der Waals surface area contributed by atoms with Gasteiger partial charge in [-0.15, -0.1) is 29.3 Å². The van der Waals surface area contributed by atoms with E-state index in [1.165, 1.54) is 5.56 Å². The largest absolute Gasteiger partial charge is 0.507 e. The Balaban J connectivity index is 0.00000445. The standard InChI is InChI=1S/C55H36N3O2.Pt/c59-50-25-12-10-21-45(50)55-57-53-43(41-32-37(31-36-15-4-1-5-16-36)33-42(34-41)47-35-40(29-30-56-47)38-17-6-2-7-18-38)23-14-24-49(53)58(55)48-28-27-44(39-19-8-3-9-20-39)54-52(48)46-22-11-13-26-51(46)60-54;/h1-30,32-33,35,59H,31H2;/q-1;. The summed E-state index contributed by atoms with van der Waals surface area (Å²) in [5.74, 6) is 0.764. The van der Waals surface area contributed by atoms with E-state index >= 15 is 0 Å². The van der Waals surface area contributed by atoms with Crippen LogP contribution in [0.1, 0.15) is 11.1 Å². The topological polar surface area (TPSA) is 64.1 Å². The van der Waals surface area contributed by atoms with E-state index in [0.29, 0.717) is 11.4 Å². The number of para-hydroxylation sites is 3. The number of hydrogen-bond acceptors (Lipinski definition) is 4. The normalized spacial score (nSPS) is 11.3. The van der Waals surface area contributed by atoms with E-state index in [1.54, 1.807) is 6.07 Å². The number of nitrogens with zero attached hydrogens (tertiary/aromatic N) is 3. The van der Waals surface area contributed by atoms with Gasteiger partial charge in [-0.25, -0.2) is 4.98 Å². The molecule has 0 fully saturated rings. The van der Waals surface area contributed by atoms with Crippen LogP contribution in [0, 0.1) is 6.07 Å². The molecule has 0 aliphatic rings. The van der Waals surface area contributed by atoms with Gasteiger partial charge in [-0.3, -0.25) is 9.55 Å². The average molecular weight is 966 g/mol. The molecule has 6 heteroatoms. The van der Waals surface area contributed by atoms with Crippen molar-refractivity contribution in [2.75, 3.05) is 0 Å². The first kappa shape index (κ1) is 37.9. The van der Waals surface area contributed by atoms with E-state index in [4.69, 9.17) is 14.4 Å². The van der Waals surface area contributed by atoms with Crippen molar-refractivity contribution in [3.63, 3.8) is 0 Å². The van der Waals surface area contributed by atoms with Crippen molar-refractivity contribution in [3.05, 3.63) is 218 Å². The van der Waals surface area contributed by atoms with Crippen LogP contribution in [0.4, 0.5) is 0 Å². The van der Waals surface area contributed by atoms with Crippen LogP contribution in [0.5, 0.6) is 5.75 Å². The zero-order chi connectivity index (χ0) is 40.0. The molecule has 1 N–H and O–H groups in total. The molecule has 3 heterocycles. The Labute approximate surface area is 367 Å². The first-order valence-corrected chi connectivity index (χ1v) is 20.1. The van der Waals surface area contributed by atoms with Gasteiger partial charge in [-0.05, 0) is 71.1 Å². The van der Waals surface area contributed by atoms with Crippen molar-refractivity contribution in [1.82, 2.24) is 14.5 Å². The van der Waals surface area contributed by atoms with Crippen LogP contribution in [0.15, 0.2) is 205 Å². The van der Waals surface area contributed by atoms with Gasteiger partial charge in [0, 0.05) is 43.9 Å². The first-order valence-electron chi connectivity index (χ1n) is 20.1. The second kappa shape index (κ2) is 16.0. The van der Waals surface area contributed by atoms with E-state index in [0.717, 1.165) is 95.3 Å². The Morgan fingerprint density at radius 2 is 1.25 bits per heavy atom. The quantitative estimate of drug-likeness (QED) is 0.154. The number of aromatic nitrogens is 3. The minimum Gasteiger partial charge on any atom is -0.507 e. The third-order valence-corrected chi connectivity index (χ3v) is 11.3. The molecule has 0 aliphatic carbocycles. The molecule has 0 saturated carbocycles. The van der Waals surface area contributed by atoms with Crippen LogP contribution in [0.25, 0.3) is 94.7 Å². The number of rotatable bonds is 8. The van der Waals surface area contributed by atoms with Gasteiger partial charge in [0.1, 0.15) is 22.7 Å². The average Bonchev–Trinajstić information content (AvgIpc) is 3.89. The van der Waals surface area contributed by atoms with Crippen LogP contribution >= 0.6 is 0 Å². The molecule has 0 radical (unpaired) electrons. The Hall–Kier alpha value is -7.33. The van der Waals surface area contributed by atoms with Crippen LogP contribution in [0.3, 0.4) is 0 Å². The molecular formula is C55H36N3O2Pt-. The number of phenolic OH excluding ortho intramolecular Hbond substituents is 1.